The number of fused-ring (bicyclic) bond motifs is 1. The van der Waals surface area contributed by atoms with Crippen LogP contribution in [0.4, 0.5) is 10.5 Å². The van der Waals surface area contributed by atoms with E-state index >= 15 is 0 Å². The molecular formula is C38H41Br2NO10. The van der Waals surface area contributed by atoms with Gasteiger partial charge in [-0.1, -0.05) is 80.4 Å². The quantitative estimate of drug-likeness (QED) is 0.136. The Kier molecular flexibility index (Phi) is 13.7. The number of carbonyl (C=O) groups is 3. The van der Waals surface area contributed by atoms with Crippen molar-refractivity contribution in [3.63, 3.8) is 0 Å². The standard InChI is InChI=1S/C38H41Br2NO10/c1-22-9-6-16-29(46-2)31(22)41-38(45)51-32-30(21-42)48-37(47-3)34-33(32)49-35(43)25(17-23-10-7-14-27(39)19-23)12-4-5-13-26(36(44)50-34)18-24-11-8-15-28(40)20-24/h4-11,14-16,19-20,25-26,30,32-34,37,42H,12-13,17-18,21H2,1-3H3,(H,41,45)/b5-4+/t25-,26-,30+,32+,33-,34+,37-/m0/s1. The highest BCUT2D eigenvalue weighted by molar-refractivity contribution is 9.10. The van der Waals surface area contributed by atoms with E-state index in [1.807, 2.05) is 60.7 Å². The number of anilines is 1. The summed E-state index contributed by atoms with van der Waals surface area (Å²) in [6, 6.07) is 20.5. The molecule has 0 saturated carbocycles. The summed E-state index contributed by atoms with van der Waals surface area (Å²) in [5, 5.41) is 13.1. The fraction of sp³-hybridized carbons (Fsp3) is 0.395. The zero-order valence-electron chi connectivity index (χ0n) is 28.5. The third-order valence-corrected chi connectivity index (χ3v) is 9.84. The molecule has 51 heavy (non-hydrogen) atoms. The lowest BCUT2D eigenvalue weighted by molar-refractivity contribution is -0.300. The van der Waals surface area contributed by atoms with Gasteiger partial charge in [-0.15, -0.1) is 0 Å². The first kappa shape index (κ1) is 38.5. The molecule has 13 heteroatoms. The summed E-state index contributed by atoms with van der Waals surface area (Å²) in [5.41, 5.74) is 2.88. The van der Waals surface area contributed by atoms with Gasteiger partial charge in [0.15, 0.2) is 24.6 Å². The van der Waals surface area contributed by atoms with E-state index in [9.17, 15) is 19.5 Å². The van der Waals surface area contributed by atoms with Gasteiger partial charge in [-0.3, -0.25) is 14.9 Å². The zero-order chi connectivity index (χ0) is 36.5. The second kappa shape index (κ2) is 18.1. The first-order valence-electron chi connectivity index (χ1n) is 16.5. The van der Waals surface area contributed by atoms with Gasteiger partial charge in [0.05, 0.1) is 31.2 Å². The first-order chi connectivity index (χ1) is 24.6. The molecule has 0 bridgehead atoms. The molecule has 1 fully saturated rings. The molecule has 272 valence electrons. The van der Waals surface area contributed by atoms with Gasteiger partial charge < -0.3 is 33.5 Å². The summed E-state index contributed by atoms with van der Waals surface area (Å²) in [7, 11) is 2.82. The van der Waals surface area contributed by atoms with Gasteiger partial charge >= 0.3 is 18.0 Å². The van der Waals surface area contributed by atoms with Crippen LogP contribution in [0.5, 0.6) is 5.75 Å². The number of ether oxygens (including phenoxy) is 6. The van der Waals surface area contributed by atoms with Crippen molar-refractivity contribution in [2.75, 3.05) is 26.1 Å². The van der Waals surface area contributed by atoms with Crippen LogP contribution in [0.3, 0.4) is 0 Å². The zero-order valence-corrected chi connectivity index (χ0v) is 31.6. The lowest BCUT2D eigenvalue weighted by atomic mass is 9.92. The van der Waals surface area contributed by atoms with Gasteiger partial charge in [-0.05, 0) is 79.6 Å². The van der Waals surface area contributed by atoms with Gasteiger partial charge in [0.2, 0.25) is 0 Å². The Bertz CT molecular complexity index is 1720. The number of nitrogens with one attached hydrogen (secondary N) is 1. The van der Waals surface area contributed by atoms with Gasteiger partial charge in [0.1, 0.15) is 11.9 Å². The third kappa shape index (κ3) is 9.98. The van der Waals surface area contributed by atoms with E-state index in [0.29, 0.717) is 42.7 Å². The number of methoxy groups -OCH3 is 2. The molecule has 11 nitrogen and oxygen atoms in total. The lowest BCUT2D eigenvalue weighted by Crippen LogP contribution is -2.63. The molecule has 3 aromatic rings. The summed E-state index contributed by atoms with van der Waals surface area (Å²) >= 11 is 7.00. The van der Waals surface area contributed by atoms with Crippen LogP contribution < -0.4 is 10.1 Å². The van der Waals surface area contributed by atoms with Crippen LogP contribution in [0.1, 0.15) is 29.5 Å². The molecule has 1 amide bonds. The second-order valence-electron chi connectivity index (χ2n) is 12.4. The number of amides is 1. The first-order valence-corrected chi connectivity index (χ1v) is 18.1. The van der Waals surface area contributed by atoms with Crippen LogP contribution >= 0.6 is 31.9 Å². The highest BCUT2D eigenvalue weighted by Crippen LogP contribution is 2.34. The monoisotopic (exact) mass is 829 g/mol. The second-order valence-corrected chi connectivity index (χ2v) is 14.2. The van der Waals surface area contributed by atoms with Gasteiger partial charge in [-0.25, -0.2) is 4.79 Å². The van der Waals surface area contributed by atoms with Crippen LogP contribution in [-0.4, -0.2) is 74.7 Å². The highest BCUT2D eigenvalue weighted by Gasteiger charge is 2.53. The maximum Gasteiger partial charge on any atom is 0.412 e. The van der Waals surface area contributed by atoms with Crippen LogP contribution in [-0.2, 0) is 46.1 Å². The smallest absolute Gasteiger partial charge is 0.412 e. The normalized spacial score (nSPS) is 26.0. The maximum atomic E-state index is 14.1. The number of para-hydroxylation sites is 1. The Hall–Kier alpha value is -3.75. The van der Waals surface area contributed by atoms with E-state index < -0.39 is 67.2 Å². The van der Waals surface area contributed by atoms with Crippen LogP contribution in [0.15, 0.2) is 87.8 Å². The summed E-state index contributed by atoms with van der Waals surface area (Å²) in [6.45, 7) is 1.16. The van der Waals surface area contributed by atoms with E-state index in [1.165, 1.54) is 14.2 Å². The maximum absolute atomic E-state index is 14.1. The van der Waals surface area contributed by atoms with Crippen molar-refractivity contribution >= 4 is 55.6 Å². The number of aryl methyl sites for hydroxylation is 1. The predicted molar refractivity (Wildman–Crippen MR) is 195 cm³/mol. The molecule has 2 aliphatic rings. The minimum Gasteiger partial charge on any atom is -0.495 e. The molecule has 0 aromatic heterocycles. The Morgan fingerprint density at radius 2 is 1.43 bits per heavy atom. The molecule has 1 saturated heterocycles. The fourth-order valence-corrected chi connectivity index (χ4v) is 7.14. The number of halogens is 2. The van der Waals surface area contributed by atoms with Gasteiger partial charge in [-0.2, -0.15) is 0 Å². The number of hydrogen-bond donors (Lipinski definition) is 2. The van der Waals surface area contributed by atoms with Crippen LogP contribution in [0.25, 0.3) is 0 Å². The van der Waals surface area contributed by atoms with Crippen molar-refractivity contribution in [1.29, 1.82) is 0 Å². The van der Waals surface area contributed by atoms with Crippen molar-refractivity contribution < 1.29 is 47.9 Å². The number of aliphatic hydroxyl groups is 1. The third-order valence-electron chi connectivity index (χ3n) is 8.85. The predicted octanol–water partition coefficient (Wildman–Crippen LogP) is 6.70. The number of rotatable bonds is 9. The molecular weight excluding hydrogens is 790 g/mol. The minimum atomic E-state index is -1.42. The molecule has 0 unspecified atom stereocenters. The molecule has 0 aliphatic carbocycles. The number of esters is 2. The number of aliphatic hydroxyl groups excluding tert-OH is 1. The van der Waals surface area contributed by atoms with Gasteiger partial charge in [0, 0.05) is 16.1 Å². The topological polar surface area (TPSA) is 139 Å². The summed E-state index contributed by atoms with van der Waals surface area (Å²) in [4.78, 5) is 41.6. The molecule has 0 radical (unpaired) electrons. The van der Waals surface area contributed by atoms with Crippen molar-refractivity contribution in [3.05, 3.63) is 105 Å². The average Bonchev–Trinajstić information content (AvgIpc) is 3.10. The van der Waals surface area contributed by atoms with E-state index in [4.69, 9.17) is 28.4 Å². The Balaban J connectivity index is 1.52. The minimum absolute atomic E-state index is 0.314. The van der Waals surface area contributed by atoms with Crippen LogP contribution in [0, 0.1) is 18.8 Å². The summed E-state index contributed by atoms with van der Waals surface area (Å²) in [6.07, 6.45) is -2.49. The van der Waals surface area contributed by atoms with Gasteiger partial charge in [0.25, 0.3) is 0 Å². The van der Waals surface area contributed by atoms with Crippen molar-refractivity contribution in [3.8, 4) is 5.75 Å². The molecule has 2 heterocycles. The molecule has 3 aromatic carbocycles. The summed E-state index contributed by atoms with van der Waals surface area (Å²) < 4.78 is 36.9. The van der Waals surface area contributed by atoms with E-state index in [2.05, 4.69) is 37.2 Å². The number of carbonyl (C=O) groups excluding carboxylic acids is 3. The molecule has 7 atom stereocenters. The number of hydrogen-bond acceptors (Lipinski definition) is 10. The SMILES string of the molecule is COc1cccc(C)c1NC(=O)O[C@H]1[C@@H]2OC(=O)[C@H](Cc3cccc(Br)c3)C/C=C/C[C@@H](Cc3cccc(Br)c3)C(=O)O[C@H]2[C@@H](OC)O[C@@H]1CO. The summed E-state index contributed by atoms with van der Waals surface area (Å²) in [5.74, 6) is -2.08. The van der Waals surface area contributed by atoms with Crippen molar-refractivity contribution in [1.82, 2.24) is 0 Å². The number of allylic oxidation sites excluding steroid dienone is 2. The molecule has 0 spiro atoms. The Morgan fingerprint density at radius 3 is 1.96 bits per heavy atom. The molecule has 2 aliphatic heterocycles. The average molecular weight is 832 g/mol. The van der Waals surface area contributed by atoms with E-state index in [0.717, 1.165) is 20.1 Å². The van der Waals surface area contributed by atoms with E-state index in [-0.39, 0.29) is 0 Å². The lowest BCUT2D eigenvalue weighted by Gasteiger charge is -2.44. The van der Waals surface area contributed by atoms with Crippen LogP contribution in [0.2, 0.25) is 0 Å². The Morgan fingerprint density at radius 1 is 0.863 bits per heavy atom. The number of benzene rings is 3. The van der Waals surface area contributed by atoms with E-state index in [1.54, 1.807) is 25.1 Å². The highest BCUT2D eigenvalue weighted by atomic mass is 79.9. The molecule has 2 N–H and O–H groups in total. The largest absolute Gasteiger partial charge is 0.495 e. The Labute approximate surface area is 313 Å². The fourth-order valence-electron chi connectivity index (χ4n) is 6.25. The van der Waals surface area contributed by atoms with Crippen molar-refractivity contribution in [2.45, 2.75) is 63.3 Å². The molecule has 5 rings (SSSR count). The van der Waals surface area contributed by atoms with Crippen molar-refractivity contribution in [2.24, 2.45) is 11.8 Å².